The van der Waals surface area contributed by atoms with Crippen molar-refractivity contribution in [1.82, 2.24) is 9.80 Å². The van der Waals surface area contributed by atoms with Gasteiger partial charge in [-0.25, -0.2) is 4.39 Å². The van der Waals surface area contributed by atoms with Crippen molar-refractivity contribution in [2.24, 2.45) is 0 Å². The van der Waals surface area contributed by atoms with Crippen LogP contribution in [0.4, 0.5) is 4.39 Å². The van der Waals surface area contributed by atoms with Crippen molar-refractivity contribution in [2.45, 2.75) is 49.8 Å². The summed E-state index contributed by atoms with van der Waals surface area (Å²) in [6.07, 6.45) is 2.38. The molecule has 8 heteroatoms. The molecule has 2 unspecified atom stereocenters. The van der Waals surface area contributed by atoms with E-state index in [9.17, 15) is 14.0 Å². The van der Waals surface area contributed by atoms with Crippen LogP contribution in [0.25, 0.3) is 0 Å². The van der Waals surface area contributed by atoms with E-state index in [1.54, 1.807) is 11.0 Å². The molecule has 1 spiro atoms. The van der Waals surface area contributed by atoms with Crippen LogP contribution in [0, 0.1) is 5.82 Å². The van der Waals surface area contributed by atoms with Crippen molar-refractivity contribution in [1.29, 1.82) is 0 Å². The molecule has 1 aromatic rings. The molecule has 0 aliphatic carbocycles. The highest BCUT2D eigenvalue weighted by atomic mass is 32.2. The first kappa shape index (κ1) is 20.6. The third kappa shape index (κ3) is 4.15. The Morgan fingerprint density at radius 3 is 2.62 bits per heavy atom. The number of hydrogen-bond acceptors (Lipinski definition) is 5. The van der Waals surface area contributed by atoms with Gasteiger partial charge < -0.3 is 19.3 Å². The highest BCUT2D eigenvalue weighted by Gasteiger charge is 2.46. The Bertz CT molecular complexity index is 761. The summed E-state index contributed by atoms with van der Waals surface area (Å²) in [5, 5.41) is -0.337. The maximum absolute atomic E-state index is 13.8. The second-order valence-electron chi connectivity index (χ2n) is 7.74. The molecule has 4 rings (SSSR count). The van der Waals surface area contributed by atoms with Crippen LogP contribution in [0.3, 0.4) is 0 Å². The van der Waals surface area contributed by atoms with E-state index in [0.29, 0.717) is 57.7 Å². The summed E-state index contributed by atoms with van der Waals surface area (Å²) in [6.45, 7) is 4.26. The zero-order valence-corrected chi connectivity index (χ0v) is 17.5. The zero-order chi connectivity index (χ0) is 20.4. The van der Waals surface area contributed by atoms with Gasteiger partial charge in [0.1, 0.15) is 17.2 Å². The molecule has 0 bridgehead atoms. The molecule has 29 heavy (non-hydrogen) atoms. The van der Waals surface area contributed by atoms with E-state index in [0.717, 1.165) is 5.56 Å². The first-order chi connectivity index (χ1) is 14.0. The van der Waals surface area contributed by atoms with Gasteiger partial charge in [-0.2, -0.15) is 0 Å². The van der Waals surface area contributed by atoms with Crippen molar-refractivity contribution in [3.63, 3.8) is 0 Å². The van der Waals surface area contributed by atoms with Gasteiger partial charge in [0.25, 0.3) is 0 Å². The Hall–Kier alpha value is -1.64. The lowest BCUT2D eigenvalue weighted by Crippen LogP contribution is -2.54. The zero-order valence-electron chi connectivity index (χ0n) is 16.6. The van der Waals surface area contributed by atoms with E-state index in [1.165, 1.54) is 23.9 Å². The number of nitrogens with zero attached hydrogens (tertiary/aromatic N) is 2. The van der Waals surface area contributed by atoms with E-state index in [4.69, 9.17) is 9.47 Å². The number of carbonyl (C=O) groups is 2. The van der Waals surface area contributed by atoms with Crippen LogP contribution >= 0.6 is 11.8 Å². The van der Waals surface area contributed by atoms with Crippen molar-refractivity contribution < 1.29 is 23.5 Å². The summed E-state index contributed by atoms with van der Waals surface area (Å²) < 4.78 is 25.3. The molecule has 3 heterocycles. The lowest BCUT2D eigenvalue weighted by atomic mass is 10.0. The minimum atomic E-state index is -0.539. The highest BCUT2D eigenvalue weighted by molar-refractivity contribution is 7.99. The molecule has 1 aromatic carbocycles. The Balaban J connectivity index is 1.50. The Morgan fingerprint density at radius 2 is 1.97 bits per heavy atom. The van der Waals surface area contributed by atoms with Crippen molar-refractivity contribution in [2.75, 3.05) is 32.1 Å². The molecule has 2 atom stereocenters. The SMILES string of the molecule is CCCC(=O)N1C(C(=O)N2CCC3(CC2)OCCO3)CSC1c1cccc(F)c1. The summed E-state index contributed by atoms with van der Waals surface area (Å²) in [6, 6.07) is 5.79. The number of hydrogen-bond donors (Lipinski definition) is 0. The molecule has 3 saturated heterocycles. The molecule has 3 aliphatic rings. The predicted molar refractivity (Wildman–Crippen MR) is 108 cm³/mol. The number of amides is 2. The quantitative estimate of drug-likeness (QED) is 0.747. The van der Waals surface area contributed by atoms with E-state index in [2.05, 4.69) is 0 Å². The van der Waals surface area contributed by atoms with Gasteiger partial charge in [0.2, 0.25) is 11.8 Å². The van der Waals surface area contributed by atoms with E-state index in [-0.39, 0.29) is 23.0 Å². The largest absolute Gasteiger partial charge is 0.347 e. The standard InChI is InChI=1S/C21H27FN2O4S/c1-2-4-18(25)24-17(14-29-20(24)15-5-3-6-16(22)13-15)19(26)23-9-7-21(8-10-23)27-11-12-28-21/h3,5-6,13,17,20H,2,4,7-12,14H2,1H3. The minimum absolute atomic E-state index is 0.0336. The number of ether oxygens (including phenoxy) is 2. The van der Waals surface area contributed by atoms with E-state index < -0.39 is 11.8 Å². The molecular weight excluding hydrogens is 395 g/mol. The van der Waals surface area contributed by atoms with Crippen LogP contribution in [0.2, 0.25) is 0 Å². The van der Waals surface area contributed by atoms with E-state index >= 15 is 0 Å². The topological polar surface area (TPSA) is 59.1 Å². The van der Waals surface area contributed by atoms with Crippen LogP contribution in [-0.2, 0) is 19.1 Å². The van der Waals surface area contributed by atoms with Gasteiger partial charge in [-0.1, -0.05) is 19.1 Å². The smallest absolute Gasteiger partial charge is 0.246 e. The second-order valence-corrected chi connectivity index (χ2v) is 8.85. The van der Waals surface area contributed by atoms with Gasteiger partial charge in [0.15, 0.2) is 5.79 Å². The van der Waals surface area contributed by atoms with Gasteiger partial charge in [0, 0.05) is 38.1 Å². The molecule has 158 valence electrons. The second kappa shape index (κ2) is 8.62. The number of carbonyl (C=O) groups excluding carboxylic acids is 2. The average molecular weight is 423 g/mol. The summed E-state index contributed by atoms with van der Waals surface area (Å²) in [5.74, 6) is -0.443. The lowest BCUT2D eigenvalue weighted by Gasteiger charge is -2.39. The van der Waals surface area contributed by atoms with Crippen LogP contribution in [0.15, 0.2) is 24.3 Å². The average Bonchev–Trinajstić information content (AvgIpc) is 3.36. The van der Waals surface area contributed by atoms with Gasteiger partial charge in [-0.3, -0.25) is 9.59 Å². The fourth-order valence-electron chi connectivity index (χ4n) is 4.33. The molecule has 3 fully saturated rings. The summed E-state index contributed by atoms with van der Waals surface area (Å²) in [4.78, 5) is 29.8. The third-order valence-electron chi connectivity index (χ3n) is 5.82. The maximum Gasteiger partial charge on any atom is 0.246 e. The lowest BCUT2D eigenvalue weighted by molar-refractivity contribution is -0.188. The predicted octanol–water partition coefficient (Wildman–Crippen LogP) is 2.93. The summed E-state index contributed by atoms with van der Waals surface area (Å²) >= 11 is 1.53. The molecule has 0 radical (unpaired) electrons. The van der Waals surface area contributed by atoms with Crippen LogP contribution < -0.4 is 0 Å². The van der Waals surface area contributed by atoms with Crippen LogP contribution in [0.1, 0.15) is 43.5 Å². The van der Waals surface area contributed by atoms with Crippen molar-refractivity contribution in [3.8, 4) is 0 Å². The number of benzene rings is 1. The van der Waals surface area contributed by atoms with Gasteiger partial charge in [-0.05, 0) is 24.1 Å². The Kier molecular flexibility index (Phi) is 6.13. The molecule has 0 saturated carbocycles. The van der Waals surface area contributed by atoms with Gasteiger partial charge >= 0.3 is 0 Å². The Labute approximate surface area is 174 Å². The molecule has 6 nitrogen and oxygen atoms in total. The van der Waals surface area contributed by atoms with Crippen molar-refractivity contribution >= 4 is 23.6 Å². The Morgan fingerprint density at radius 1 is 1.24 bits per heavy atom. The molecular formula is C21H27FN2O4S. The number of likely N-dealkylation sites (tertiary alicyclic amines) is 1. The molecule has 3 aliphatic heterocycles. The van der Waals surface area contributed by atoms with Gasteiger partial charge in [0.05, 0.1) is 13.2 Å². The summed E-state index contributed by atoms with van der Waals surface area (Å²) in [7, 11) is 0. The molecule has 0 aromatic heterocycles. The van der Waals surface area contributed by atoms with Crippen LogP contribution in [0.5, 0.6) is 0 Å². The minimum Gasteiger partial charge on any atom is -0.347 e. The third-order valence-corrected chi connectivity index (χ3v) is 7.14. The number of halogens is 1. The van der Waals surface area contributed by atoms with Gasteiger partial charge in [-0.15, -0.1) is 11.8 Å². The summed E-state index contributed by atoms with van der Waals surface area (Å²) in [5.41, 5.74) is 0.722. The fraction of sp³-hybridized carbons (Fsp3) is 0.619. The number of piperidine rings is 1. The maximum atomic E-state index is 13.8. The monoisotopic (exact) mass is 422 g/mol. The molecule has 2 amide bonds. The molecule has 0 N–H and O–H groups in total. The van der Waals surface area contributed by atoms with Crippen LogP contribution in [-0.4, -0.2) is 65.5 Å². The number of thioether (sulfide) groups is 1. The first-order valence-electron chi connectivity index (χ1n) is 10.3. The van der Waals surface area contributed by atoms with Crippen molar-refractivity contribution in [3.05, 3.63) is 35.6 Å². The highest BCUT2D eigenvalue weighted by Crippen LogP contribution is 2.43. The normalized spacial score (nSPS) is 26.3. The first-order valence-corrected chi connectivity index (χ1v) is 11.3. The van der Waals surface area contributed by atoms with E-state index in [1.807, 2.05) is 17.9 Å². The fourth-order valence-corrected chi connectivity index (χ4v) is 5.76. The number of rotatable bonds is 4.